The van der Waals surface area contributed by atoms with Crippen molar-refractivity contribution >= 4 is 5.97 Å². The van der Waals surface area contributed by atoms with Crippen molar-refractivity contribution in [2.75, 3.05) is 6.54 Å². The average molecular weight is 114 g/mol. The van der Waals surface area contributed by atoms with Crippen LogP contribution in [0.2, 0.25) is 0 Å². The van der Waals surface area contributed by atoms with Gasteiger partial charge in [0.2, 0.25) is 6.54 Å². The number of hydrogen-bond donors (Lipinski definition) is 2. The quantitative estimate of drug-likeness (QED) is 0.467. The van der Waals surface area contributed by atoms with Crippen LogP contribution in [0.3, 0.4) is 0 Å². The lowest BCUT2D eigenvalue weighted by Crippen LogP contribution is -2.32. The van der Waals surface area contributed by atoms with E-state index in [9.17, 15) is 4.79 Å². The summed E-state index contributed by atoms with van der Waals surface area (Å²) < 4.78 is 0. The summed E-state index contributed by atoms with van der Waals surface area (Å²) in [6, 6.07) is -1.02. The molecule has 0 aromatic carbocycles. The fourth-order valence-corrected chi connectivity index (χ4v) is 0.176. The first-order valence-electron chi connectivity index (χ1n) is 2.00. The van der Waals surface area contributed by atoms with Gasteiger partial charge in [-0.25, -0.2) is 6.57 Å². The SMILES string of the molecule is [C-]#[N+]C[C@@H](N)C(=O)O. The molecule has 0 aliphatic heterocycles. The van der Waals surface area contributed by atoms with Crippen molar-refractivity contribution in [1.82, 2.24) is 0 Å². The fourth-order valence-electron chi connectivity index (χ4n) is 0.176. The van der Waals surface area contributed by atoms with Gasteiger partial charge in [0.05, 0.1) is 0 Å². The summed E-state index contributed by atoms with van der Waals surface area (Å²) in [5.74, 6) is -1.12. The van der Waals surface area contributed by atoms with E-state index in [0.717, 1.165) is 0 Å². The van der Waals surface area contributed by atoms with Crippen LogP contribution in [0.4, 0.5) is 0 Å². The summed E-state index contributed by atoms with van der Waals surface area (Å²) in [7, 11) is 0. The minimum atomic E-state index is -1.12. The van der Waals surface area contributed by atoms with Crippen LogP contribution in [0, 0.1) is 6.57 Å². The molecule has 0 aliphatic carbocycles. The number of carboxylic acid groups (broad SMARTS) is 1. The molecule has 0 spiro atoms. The summed E-state index contributed by atoms with van der Waals surface area (Å²) in [6.45, 7) is 6.06. The lowest BCUT2D eigenvalue weighted by molar-refractivity contribution is -0.138. The van der Waals surface area contributed by atoms with Crippen LogP contribution in [-0.2, 0) is 4.79 Å². The van der Waals surface area contributed by atoms with Gasteiger partial charge in [-0.1, -0.05) is 0 Å². The van der Waals surface area contributed by atoms with E-state index in [2.05, 4.69) is 4.85 Å². The summed E-state index contributed by atoms with van der Waals surface area (Å²) in [6.07, 6.45) is 0. The Morgan fingerprint density at radius 2 is 2.50 bits per heavy atom. The maximum atomic E-state index is 9.82. The third kappa shape index (κ3) is 2.16. The number of aliphatic carboxylic acids is 1. The van der Waals surface area contributed by atoms with Gasteiger partial charge in [-0.2, -0.15) is 0 Å². The number of nitrogens with two attached hydrogens (primary N) is 1. The van der Waals surface area contributed by atoms with Crippen LogP contribution < -0.4 is 5.73 Å². The van der Waals surface area contributed by atoms with Crippen LogP contribution in [0.15, 0.2) is 0 Å². The number of hydrogen-bond acceptors (Lipinski definition) is 2. The van der Waals surface area contributed by atoms with Crippen molar-refractivity contribution in [3.05, 3.63) is 11.4 Å². The Morgan fingerprint density at radius 3 is 2.62 bits per heavy atom. The largest absolute Gasteiger partial charge is 0.480 e. The second kappa shape index (κ2) is 2.99. The first-order chi connectivity index (χ1) is 3.68. The number of nitrogens with zero attached hydrogens (tertiary/aromatic N) is 1. The molecule has 0 radical (unpaired) electrons. The van der Waals surface area contributed by atoms with Crippen molar-refractivity contribution in [2.45, 2.75) is 6.04 Å². The van der Waals surface area contributed by atoms with Gasteiger partial charge in [-0.3, -0.25) is 4.79 Å². The highest BCUT2D eigenvalue weighted by molar-refractivity contribution is 5.73. The minimum Gasteiger partial charge on any atom is -0.480 e. The van der Waals surface area contributed by atoms with Gasteiger partial charge in [0, 0.05) is 0 Å². The fraction of sp³-hybridized carbons (Fsp3) is 0.500. The normalized spacial score (nSPS) is 12.0. The smallest absolute Gasteiger partial charge is 0.328 e. The molecule has 1 atom stereocenters. The highest BCUT2D eigenvalue weighted by Gasteiger charge is 2.12. The summed E-state index contributed by atoms with van der Waals surface area (Å²) in [5.41, 5.74) is 4.91. The third-order valence-corrected chi connectivity index (χ3v) is 0.605. The Labute approximate surface area is 46.7 Å². The van der Waals surface area contributed by atoms with Gasteiger partial charge in [0.1, 0.15) is 0 Å². The molecule has 0 heterocycles. The van der Waals surface area contributed by atoms with E-state index in [1.54, 1.807) is 0 Å². The predicted molar refractivity (Wildman–Crippen MR) is 27.1 cm³/mol. The van der Waals surface area contributed by atoms with Gasteiger partial charge in [0.15, 0.2) is 6.04 Å². The Kier molecular flexibility index (Phi) is 2.59. The van der Waals surface area contributed by atoms with E-state index < -0.39 is 12.0 Å². The van der Waals surface area contributed by atoms with Gasteiger partial charge in [-0.05, 0) is 0 Å². The monoisotopic (exact) mass is 114 g/mol. The summed E-state index contributed by atoms with van der Waals surface area (Å²) >= 11 is 0. The van der Waals surface area contributed by atoms with Crippen molar-refractivity contribution in [3.63, 3.8) is 0 Å². The third-order valence-electron chi connectivity index (χ3n) is 0.605. The van der Waals surface area contributed by atoms with Crippen LogP contribution in [-0.4, -0.2) is 23.7 Å². The van der Waals surface area contributed by atoms with E-state index in [4.69, 9.17) is 17.4 Å². The van der Waals surface area contributed by atoms with Crippen molar-refractivity contribution in [3.8, 4) is 0 Å². The van der Waals surface area contributed by atoms with Crippen molar-refractivity contribution in [2.24, 2.45) is 5.73 Å². The van der Waals surface area contributed by atoms with E-state index in [-0.39, 0.29) is 6.54 Å². The first-order valence-corrected chi connectivity index (χ1v) is 2.00. The van der Waals surface area contributed by atoms with Gasteiger partial charge >= 0.3 is 5.97 Å². The Hall–Kier alpha value is -1.08. The zero-order valence-corrected chi connectivity index (χ0v) is 4.16. The molecule has 44 valence electrons. The molecule has 4 heteroatoms. The molecule has 3 N–H and O–H groups in total. The molecule has 0 saturated carbocycles. The van der Waals surface area contributed by atoms with E-state index in [1.807, 2.05) is 0 Å². The highest BCUT2D eigenvalue weighted by atomic mass is 16.4. The maximum Gasteiger partial charge on any atom is 0.328 e. The summed E-state index contributed by atoms with van der Waals surface area (Å²) in [4.78, 5) is 12.6. The Balaban J connectivity index is 3.52. The number of rotatable bonds is 2. The zero-order valence-electron chi connectivity index (χ0n) is 4.16. The predicted octanol–water partition coefficient (Wildman–Crippen LogP) is -0.682. The van der Waals surface area contributed by atoms with Crippen LogP contribution in [0.25, 0.3) is 4.85 Å². The minimum absolute atomic E-state index is 0.144. The lowest BCUT2D eigenvalue weighted by Gasteiger charge is -1.92. The molecule has 0 fully saturated rings. The standard InChI is InChI=1S/C4H6N2O2/c1-6-2-3(5)4(7)8/h3H,2,5H2,(H,7,8)/t3-/m1/s1. The second-order valence-corrected chi connectivity index (χ2v) is 1.29. The molecular weight excluding hydrogens is 108 g/mol. The van der Waals surface area contributed by atoms with E-state index >= 15 is 0 Å². The maximum absolute atomic E-state index is 9.82. The molecule has 0 aromatic heterocycles. The van der Waals surface area contributed by atoms with Gasteiger partial charge < -0.3 is 15.7 Å². The molecule has 0 amide bonds. The molecule has 0 rings (SSSR count). The molecule has 4 nitrogen and oxygen atoms in total. The van der Waals surface area contributed by atoms with Crippen LogP contribution >= 0.6 is 0 Å². The first kappa shape index (κ1) is 6.92. The van der Waals surface area contributed by atoms with Crippen molar-refractivity contribution < 1.29 is 9.90 Å². The van der Waals surface area contributed by atoms with Gasteiger partial charge in [-0.15, -0.1) is 0 Å². The topological polar surface area (TPSA) is 67.7 Å². The Bertz CT molecular complexity index is 126. The highest BCUT2D eigenvalue weighted by Crippen LogP contribution is 1.77. The van der Waals surface area contributed by atoms with E-state index in [0.29, 0.717) is 0 Å². The molecule has 0 aromatic rings. The average Bonchev–Trinajstić information content (AvgIpc) is 1.67. The van der Waals surface area contributed by atoms with Gasteiger partial charge in [0.25, 0.3) is 0 Å². The zero-order chi connectivity index (χ0) is 6.57. The van der Waals surface area contributed by atoms with Crippen molar-refractivity contribution in [1.29, 1.82) is 0 Å². The van der Waals surface area contributed by atoms with Crippen LogP contribution in [0.5, 0.6) is 0 Å². The molecule has 8 heavy (non-hydrogen) atoms. The number of carboxylic acids is 1. The van der Waals surface area contributed by atoms with Crippen LogP contribution in [0.1, 0.15) is 0 Å². The molecular formula is C4H6N2O2. The molecule has 0 saturated heterocycles. The molecule has 0 unspecified atom stereocenters. The number of carbonyl (C=O) groups is 1. The Morgan fingerprint density at radius 1 is 2.00 bits per heavy atom. The molecule has 0 aliphatic rings. The summed E-state index contributed by atoms with van der Waals surface area (Å²) in [5, 5.41) is 8.04. The second-order valence-electron chi connectivity index (χ2n) is 1.29. The van der Waals surface area contributed by atoms with E-state index in [1.165, 1.54) is 0 Å². The lowest BCUT2D eigenvalue weighted by atomic mass is 10.3. The molecule has 0 bridgehead atoms.